The molecule has 166 valence electrons. The van der Waals surface area contributed by atoms with E-state index in [1.54, 1.807) is 0 Å². The third kappa shape index (κ3) is 3.87. The third-order valence-electron chi connectivity index (χ3n) is 6.11. The van der Waals surface area contributed by atoms with Gasteiger partial charge in [0.15, 0.2) is 12.1 Å². The molecule has 5 heteroatoms. The van der Waals surface area contributed by atoms with Gasteiger partial charge in [-0.05, 0) is 30.5 Å². The summed E-state index contributed by atoms with van der Waals surface area (Å²) >= 11 is 0. The SMILES string of the molecule is CC1(C)O[C@H]2[C@H](OCc3ccccc3)O[C@@H](C(O)(c3ccccc3)c3ccccc3)[C@H]2O1. The monoisotopic (exact) mass is 432 g/mol. The molecule has 2 aliphatic heterocycles. The maximum atomic E-state index is 12.3. The molecule has 2 heterocycles. The van der Waals surface area contributed by atoms with Crippen LogP contribution in [-0.4, -0.2) is 35.5 Å². The molecule has 0 saturated carbocycles. The second kappa shape index (κ2) is 8.43. The van der Waals surface area contributed by atoms with Crippen LogP contribution in [0.2, 0.25) is 0 Å². The van der Waals surface area contributed by atoms with E-state index in [9.17, 15) is 5.11 Å². The van der Waals surface area contributed by atoms with E-state index in [1.165, 1.54) is 0 Å². The molecule has 2 saturated heterocycles. The van der Waals surface area contributed by atoms with Crippen LogP contribution in [0.5, 0.6) is 0 Å². The van der Waals surface area contributed by atoms with Crippen molar-refractivity contribution in [2.24, 2.45) is 0 Å². The lowest BCUT2D eigenvalue weighted by Gasteiger charge is -2.37. The highest BCUT2D eigenvalue weighted by Gasteiger charge is 2.62. The van der Waals surface area contributed by atoms with E-state index < -0.39 is 36.0 Å². The topological polar surface area (TPSA) is 57.2 Å². The van der Waals surface area contributed by atoms with E-state index in [0.717, 1.165) is 16.7 Å². The standard InChI is InChI=1S/C27H28O5/c1-26(2)31-22-23(32-26)25(29-18-19-12-6-3-7-13-19)30-24(22)27(28,20-14-8-4-9-15-20)21-16-10-5-11-17-21/h3-17,22-25,28H,18H2,1-2H3/t22-,23+,24+,25+/m0/s1. The third-order valence-corrected chi connectivity index (χ3v) is 6.11. The van der Waals surface area contributed by atoms with E-state index in [4.69, 9.17) is 18.9 Å². The molecule has 0 spiro atoms. The lowest BCUT2D eigenvalue weighted by molar-refractivity contribution is -0.254. The molecule has 32 heavy (non-hydrogen) atoms. The summed E-state index contributed by atoms with van der Waals surface area (Å²) in [6.07, 6.45) is -2.36. The van der Waals surface area contributed by atoms with Gasteiger partial charge in [0.1, 0.15) is 23.9 Å². The van der Waals surface area contributed by atoms with Crippen molar-refractivity contribution in [1.29, 1.82) is 0 Å². The van der Waals surface area contributed by atoms with Crippen molar-refractivity contribution < 1.29 is 24.1 Å². The quantitative estimate of drug-likeness (QED) is 0.626. The van der Waals surface area contributed by atoms with Crippen LogP contribution in [0.4, 0.5) is 0 Å². The van der Waals surface area contributed by atoms with Crippen LogP contribution in [0.3, 0.4) is 0 Å². The maximum Gasteiger partial charge on any atom is 0.187 e. The summed E-state index contributed by atoms with van der Waals surface area (Å²) in [5.74, 6) is -0.806. The zero-order chi connectivity index (χ0) is 22.2. The highest BCUT2D eigenvalue weighted by molar-refractivity contribution is 5.39. The molecule has 4 atom stereocenters. The van der Waals surface area contributed by atoms with Crippen LogP contribution in [0, 0.1) is 0 Å². The van der Waals surface area contributed by atoms with Crippen molar-refractivity contribution in [2.75, 3.05) is 0 Å². The van der Waals surface area contributed by atoms with Gasteiger partial charge in [0.2, 0.25) is 0 Å². The van der Waals surface area contributed by atoms with E-state index in [2.05, 4.69) is 0 Å². The number of benzene rings is 3. The van der Waals surface area contributed by atoms with Gasteiger partial charge < -0.3 is 24.1 Å². The van der Waals surface area contributed by atoms with Crippen LogP contribution in [0.15, 0.2) is 91.0 Å². The van der Waals surface area contributed by atoms with Crippen molar-refractivity contribution in [2.45, 2.75) is 56.4 Å². The normalized spacial score (nSPS) is 26.7. The average molecular weight is 433 g/mol. The molecule has 1 N–H and O–H groups in total. The molecule has 0 bridgehead atoms. The van der Waals surface area contributed by atoms with Crippen LogP contribution < -0.4 is 0 Å². The van der Waals surface area contributed by atoms with Gasteiger partial charge in [-0.2, -0.15) is 0 Å². The first kappa shape index (κ1) is 21.3. The molecule has 3 aromatic carbocycles. The van der Waals surface area contributed by atoms with Gasteiger partial charge in [-0.25, -0.2) is 0 Å². The second-order valence-corrected chi connectivity index (χ2v) is 8.78. The van der Waals surface area contributed by atoms with Crippen LogP contribution in [0.1, 0.15) is 30.5 Å². The maximum absolute atomic E-state index is 12.3. The Balaban J connectivity index is 1.51. The molecule has 0 aromatic heterocycles. The first-order chi connectivity index (χ1) is 15.5. The summed E-state index contributed by atoms with van der Waals surface area (Å²) in [5, 5.41) is 12.3. The zero-order valence-corrected chi connectivity index (χ0v) is 18.3. The molecule has 3 aromatic rings. The number of hydrogen-bond donors (Lipinski definition) is 1. The molecular formula is C27H28O5. The van der Waals surface area contributed by atoms with Crippen LogP contribution in [-0.2, 0) is 31.2 Å². The fourth-order valence-corrected chi connectivity index (χ4v) is 4.66. The van der Waals surface area contributed by atoms with Gasteiger partial charge in [0.25, 0.3) is 0 Å². The summed E-state index contributed by atoms with van der Waals surface area (Å²) in [6.45, 7) is 4.13. The van der Waals surface area contributed by atoms with Gasteiger partial charge in [-0.15, -0.1) is 0 Å². The lowest BCUT2D eigenvalue weighted by Crippen LogP contribution is -2.48. The molecule has 2 aliphatic rings. The highest BCUT2D eigenvalue weighted by Crippen LogP contribution is 2.47. The minimum Gasteiger partial charge on any atom is -0.378 e. The molecule has 5 rings (SSSR count). The molecule has 2 fully saturated rings. The van der Waals surface area contributed by atoms with E-state index >= 15 is 0 Å². The van der Waals surface area contributed by atoms with Gasteiger partial charge in [0, 0.05) is 0 Å². The first-order valence-electron chi connectivity index (χ1n) is 11.0. The van der Waals surface area contributed by atoms with Crippen molar-refractivity contribution in [3.05, 3.63) is 108 Å². The van der Waals surface area contributed by atoms with Gasteiger partial charge in [-0.3, -0.25) is 0 Å². The largest absolute Gasteiger partial charge is 0.378 e. The Hall–Kier alpha value is -2.54. The van der Waals surface area contributed by atoms with Gasteiger partial charge >= 0.3 is 0 Å². The predicted octanol–water partition coefficient (Wildman–Crippen LogP) is 4.38. The summed E-state index contributed by atoms with van der Waals surface area (Å²) in [6, 6.07) is 29.1. The number of hydrogen-bond acceptors (Lipinski definition) is 5. The Kier molecular flexibility index (Phi) is 5.61. The molecule has 0 unspecified atom stereocenters. The van der Waals surface area contributed by atoms with E-state index in [-0.39, 0.29) is 0 Å². The molecule has 5 nitrogen and oxygen atoms in total. The van der Waals surface area contributed by atoms with Gasteiger partial charge in [0.05, 0.1) is 6.61 Å². The summed E-state index contributed by atoms with van der Waals surface area (Å²) in [7, 11) is 0. The minimum absolute atomic E-state index is 0.375. The first-order valence-corrected chi connectivity index (χ1v) is 11.0. The zero-order valence-electron chi connectivity index (χ0n) is 18.3. The number of rotatable bonds is 6. The fraction of sp³-hybridized carbons (Fsp3) is 0.333. The van der Waals surface area contributed by atoms with E-state index in [1.807, 2.05) is 105 Å². The summed E-state index contributed by atoms with van der Waals surface area (Å²) in [5.41, 5.74) is 1.05. The Morgan fingerprint density at radius 3 is 1.84 bits per heavy atom. The van der Waals surface area contributed by atoms with Crippen molar-refractivity contribution in [3.8, 4) is 0 Å². The number of aliphatic hydroxyl groups is 1. The highest BCUT2D eigenvalue weighted by atomic mass is 16.8. The Morgan fingerprint density at radius 1 is 0.781 bits per heavy atom. The van der Waals surface area contributed by atoms with Crippen LogP contribution in [0.25, 0.3) is 0 Å². The minimum atomic E-state index is -1.44. The van der Waals surface area contributed by atoms with Crippen molar-refractivity contribution >= 4 is 0 Å². The molecule has 0 radical (unpaired) electrons. The summed E-state index contributed by atoms with van der Waals surface area (Å²) in [4.78, 5) is 0. The number of fused-ring (bicyclic) bond motifs is 1. The molecular weight excluding hydrogens is 404 g/mol. The van der Waals surface area contributed by atoms with Crippen molar-refractivity contribution in [3.63, 3.8) is 0 Å². The smallest absolute Gasteiger partial charge is 0.187 e. The number of ether oxygens (including phenoxy) is 4. The lowest BCUT2D eigenvalue weighted by atomic mass is 9.79. The Bertz CT molecular complexity index is 982. The fourth-order valence-electron chi connectivity index (χ4n) is 4.66. The predicted molar refractivity (Wildman–Crippen MR) is 120 cm³/mol. The van der Waals surface area contributed by atoms with Crippen molar-refractivity contribution in [1.82, 2.24) is 0 Å². The molecule has 0 aliphatic carbocycles. The van der Waals surface area contributed by atoms with Gasteiger partial charge in [-0.1, -0.05) is 91.0 Å². The van der Waals surface area contributed by atoms with Crippen LogP contribution >= 0.6 is 0 Å². The molecule has 0 amide bonds. The Morgan fingerprint density at radius 2 is 1.28 bits per heavy atom. The summed E-state index contributed by atoms with van der Waals surface area (Å²) < 4.78 is 25.0. The second-order valence-electron chi connectivity index (χ2n) is 8.78. The average Bonchev–Trinajstić information content (AvgIpc) is 3.32. The van der Waals surface area contributed by atoms with E-state index in [0.29, 0.717) is 6.61 Å². The Labute approximate surface area is 188 Å².